The largest absolute Gasteiger partial charge is 0.384 e. The summed E-state index contributed by atoms with van der Waals surface area (Å²) in [6.07, 6.45) is 0. The van der Waals surface area contributed by atoms with E-state index in [9.17, 15) is 0 Å². The number of benzene rings is 1. The van der Waals surface area contributed by atoms with Crippen LogP contribution in [0.3, 0.4) is 0 Å². The molecule has 2 rings (SSSR count). The van der Waals surface area contributed by atoms with Crippen LogP contribution in [0.25, 0.3) is 10.1 Å². The Morgan fingerprint density at radius 3 is 3.00 bits per heavy atom. The van der Waals surface area contributed by atoms with Crippen molar-refractivity contribution in [1.82, 2.24) is 0 Å². The third kappa shape index (κ3) is 1.57. The van der Waals surface area contributed by atoms with E-state index < -0.39 is 0 Å². The van der Waals surface area contributed by atoms with Crippen molar-refractivity contribution in [2.45, 2.75) is 0 Å². The van der Waals surface area contributed by atoms with Crippen LogP contribution in [0.4, 0.5) is 0 Å². The van der Waals surface area contributed by atoms with Gasteiger partial charge in [-0.2, -0.15) is 0 Å². The molecule has 0 aliphatic carbocycles. The SMILES string of the molecule is OCC#Cc1csc2ccccc12. The van der Waals surface area contributed by atoms with E-state index in [2.05, 4.69) is 17.9 Å². The van der Waals surface area contributed by atoms with Gasteiger partial charge in [-0.1, -0.05) is 30.0 Å². The number of rotatable bonds is 0. The van der Waals surface area contributed by atoms with Gasteiger partial charge in [0.25, 0.3) is 0 Å². The van der Waals surface area contributed by atoms with Gasteiger partial charge in [0.05, 0.1) is 0 Å². The normalized spacial score (nSPS) is 9.62. The number of aliphatic hydroxyl groups excluding tert-OH is 1. The number of aliphatic hydroxyl groups is 1. The summed E-state index contributed by atoms with van der Waals surface area (Å²) >= 11 is 1.68. The van der Waals surface area contributed by atoms with Gasteiger partial charge >= 0.3 is 0 Å². The van der Waals surface area contributed by atoms with E-state index >= 15 is 0 Å². The first-order chi connectivity index (χ1) is 6.42. The molecule has 1 heterocycles. The molecule has 13 heavy (non-hydrogen) atoms. The van der Waals surface area contributed by atoms with Crippen LogP contribution in [0.1, 0.15) is 5.56 Å². The highest BCUT2D eigenvalue weighted by atomic mass is 32.1. The molecule has 0 spiro atoms. The average molecular weight is 188 g/mol. The second-order valence-electron chi connectivity index (χ2n) is 2.61. The first kappa shape index (κ1) is 8.31. The van der Waals surface area contributed by atoms with Crippen molar-refractivity contribution in [3.8, 4) is 11.8 Å². The Bertz CT molecular complexity index is 473. The molecule has 1 aromatic carbocycles. The molecular formula is C11H8OS. The van der Waals surface area contributed by atoms with Crippen molar-refractivity contribution in [1.29, 1.82) is 0 Å². The fraction of sp³-hybridized carbons (Fsp3) is 0.0909. The topological polar surface area (TPSA) is 20.2 Å². The molecule has 0 amide bonds. The minimum Gasteiger partial charge on any atom is -0.384 e. The van der Waals surface area contributed by atoms with Gasteiger partial charge in [-0.25, -0.2) is 0 Å². The van der Waals surface area contributed by atoms with Gasteiger partial charge in [0, 0.05) is 21.0 Å². The standard InChI is InChI=1S/C11H8OS/c12-7-3-4-9-8-13-11-6-2-1-5-10(9)11/h1-2,5-6,8,12H,7H2. The second-order valence-corrected chi connectivity index (χ2v) is 3.52. The third-order valence-corrected chi connectivity index (χ3v) is 2.75. The van der Waals surface area contributed by atoms with Gasteiger partial charge < -0.3 is 5.11 Å². The molecule has 0 atom stereocenters. The van der Waals surface area contributed by atoms with Gasteiger partial charge in [-0.15, -0.1) is 11.3 Å². The molecule has 2 heteroatoms. The van der Waals surface area contributed by atoms with Crippen LogP contribution >= 0.6 is 11.3 Å². The number of hydrogen-bond acceptors (Lipinski definition) is 2. The first-order valence-electron chi connectivity index (χ1n) is 3.98. The Balaban J connectivity index is 2.58. The number of hydrogen-bond donors (Lipinski definition) is 1. The molecule has 1 aromatic heterocycles. The average Bonchev–Trinajstić information content (AvgIpc) is 2.58. The fourth-order valence-corrected chi connectivity index (χ4v) is 2.10. The Labute approximate surface area is 80.6 Å². The molecule has 2 aromatic rings. The minimum atomic E-state index is -0.0792. The van der Waals surface area contributed by atoms with E-state index in [1.807, 2.05) is 23.6 Å². The van der Waals surface area contributed by atoms with Gasteiger partial charge in [-0.3, -0.25) is 0 Å². The van der Waals surface area contributed by atoms with E-state index in [-0.39, 0.29) is 6.61 Å². The Hall–Kier alpha value is -1.30. The number of fused-ring (bicyclic) bond motifs is 1. The highest BCUT2D eigenvalue weighted by Crippen LogP contribution is 2.24. The van der Waals surface area contributed by atoms with Crippen LogP contribution in [0.5, 0.6) is 0 Å². The van der Waals surface area contributed by atoms with E-state index in [1.54, 1.807) is 11.3 Å². The predicted molar refractivity (Wildman–Crippen MR) is 55.8 cm³/mol. The van der Waals surface area contributed by atoms with Gasteiger partial charge in [0.2, 0.25) is 0 Å². The van der Waals surface area contributed by atoms with E-state index in [4.69, 9.17) is 5.11 Å². The Kier molecular flexibility index (Phi) is 2.31. The third-order valence-electron chi connectivity index (χ3n) is 1.78. The first-order valence-corrected chi connectivity index (χ1v) is 4.86. The molecule has 1 nitrogen and oxygen atoms in total. The van der Waals surface area contributed by atoms with Crippen LogP contribution in [0, 0.1) is 11.8 Å². The Morgan fingerprint density at radius 2 is 2.15 bits per heavy atom. The maximum absolute atomic E-state index is 8.57. The van der Waals surface area contributed by atoms with Crippen LogP contribution in [0.2, 0.25) is 0 Å². The summed E-state index contributed by atoms with van der Waals surface area (Å²) < 4.78 is 1.24. The lowest BCUT2D eigenvalue weighted by atomic mass is 10.2. The summed E-state index contributed by atoms with van der Waals surface area (Å²) in [6.45, 7) is -0.0792. The summed E-state index contributed by atoms with van der Waals surface area (Å²) in [4.78, 5) is 0. The van der Waals surface area contributed by atoms with Gasteiger partial charge in [0.1, 0.15) is 6.61 Å². The minimum absolute atomic E-state index is 0.0792. The molecule has 0 aliphatic rings. The van der Waals surface area contributed by atoms with E-state index in [1.165, 1.54) is 10.1 Å². The molecule has 0 aliphatic heterocycles. The van der Waals surface area contributed by atoms with Crippen molar-refractivity contribution >= 4 is 21.4 Å². The second kappa shape index (κ2) is 3.61. The molecule has 0 unspecified atom stereocenters. The molecule has 64 valence electrons. The van der Waals surface area contributed by atoms with E-state index in [0.29, 0.717) is 0 Å². The molecule has 0 saturated carbocycles. The fourth-order valence-electron chi connectivity index (χ4n) is 1.21. The van der Waals surface area contributed by atoms with Crippen molar-refractivity contribution in [2.75, 3.05) is 6.61 Å². The van der Waals surface area contributed by atoms with Crippen LogP contribution in [-0.2, 0) is 0 Å². The Morgan fingerprint density at radius 1 is 1.31 bits per heavy atom. The predicted octanol–water partition coefficient (Wildman–Crippen LogP) is 2.25. The van der Waals surface area contributed by atoms with Crippen molar-refractivity contribution in [3.05, 3.63) is 35.2 Å². The summed E-state index contributed by atoms with van der Waals surface area (Å²) in [6, 6.07) is 8.14. The van der Waals surface area contributed by atoms with Crippen LogP contribution in [0.15, 0.2) is 29.6 Å². The maximum atomic E-state index is 8.57. The molecular weight excluding hydrogens is 180 g/mol. The zero-order valence-corrected chi connectivity index (χ0v) is 7.77. The van der Waals surface area contributed by atoms with Gasteiger partial charge in [-0.05, 0) is 6.07 Å². The smallest absolute Gasteiger partial charge is 0.104 e. The maximum Gasteiger partial charge on any atom is 0.104 e. The molecule has 1 N–H and O–H groups in total. The summed E-state index contributed by atoms with van der Waals surface area (Å²) in [5.74, 6) is 5.58. The molecule has 0 radical (unpaired) electrons. The van der Waals surface area contributed by atoms with Crippen molar-refractivity contribution in [3.63, 3.8) is 0 Å². The lowest BCUT2D eigenvalue weighted by molar-refractivity contribution is 0.350. The van der Waals surface area contributed by atoms with Crippen LogP contribution in [-0.4, -0.2) is 11.7 Å². The quantitative estimate of drug-likeness (QED) is 0.629. The molecule has 0 bridgehead atoms. The zero-order chi connectivity index (χ0) is 9.10. The lowest BCUT2D eigenvalue weighted by Gasteiger charge is -1.87. The van der Waals surface area contributed by atoms with Crippen molar-refractivity contribution < 1.29 is 5.11 Å². The summed E-state index contributed by atoms with van der Waals surface area (Å²) in [5.41, 5.74) is 1.01. The monoisotopic (exact) mass is 188 g/mol. The van der Waals surface area contributed by atoms with Crippen LogP contribution < -0.4 is 0 Å². The highest BCUT2D eigenvalue weighted by molar-refractivity contribution is 7.17. The summed E-state index contributed by atoms with van der Waals surface area (Å²) in [7, 11) is 0. The van der Waals surface area contributed by atoms with Gasteiger partial charge in [0.15, 0.2) is 0 Å². The number of thiophene rings is 1. The molecule has 0 fully saturated rings. The zero-order valence-electron chi connectivity index (χ0n) is 6.95. The van der Waals surface area contributed by atoms with E-state index in [0.717, 1.165) is 5.56 Å². The van der Waals surface area contributed by atoms with Crippen molar-refractivity contribution in [2.24, 2.45) is 0 Å². The highest BCUT2D eigenvalue weighted by Gasteiger charge is 1.98. The lowest BCUT2D eigenvalue weighted by Crippen LogP contribution is -1.73. The molecule has 0 saturated heterocycles. The summed E-state index contributed by atoms with van der Waals surface area (Å²) in [5, 5.41) is 11.8.